The number of rotatable bonds is 4. The van der Waals surface area contributed by atoms with Crippen molar-refractivity contribution in [1.82, 2.24) is 0 Å². The molecule has 0 aliphatic heterocycles. The third-order valence-electron chi connectivity index (χ3n) is 2.49. The van der Waals surface area contributed by atoms with Crippen molar-refractivity contribution in [2.75, 3.05) is 7.11 Å². The van der Waals surface area contributed by atoms with Crippen molar-refractivity contribution >= 4 is 0 Å². The van der Waals surface area contributed by atoms with Crippen LogP contribution in [0.25, 0.3) is 0 Å². The molecule has 2 aromatic rings. The minimum absolute atomic E-state index is 0.0966. The number of benzene rings is 2. The van der Waals surface area contributed by atoms with E-state index in [1.54, 1.807) is 31.4 Å². The highest BCUT2D eigenvalue weighted by Crippen LogP contribution is 2.20. The summed E-state index contributed by atoms with van der Waals surface area (Å²) in [4.78, 5) is 0. The van der Waals surface area contributed by atoms with Crippen molar-refractivity contribution in [3.05, 3.63) is 53.8 Å². The first-order valence-electron chi connectivity index (χ1n) is 5.43. The van der Waals surface area contributed by atoms with Crippen LogP contribution in [0.3, 0.4) is 0 Å². The molecule has 2 aromatic carbocycles. The lowest BCUT2D eigenvalue weighted by Gasteiger charge is -2.08. The van der Waals surface area contributed by atoms with Crippen LogP contribution in [0.5, 0.6) is 17.2 Å². The maximum atomic E-state index is 13.4. The van der Waals surface area contributed by atoms with Gasteiger partial charge in [-0.15, -0.1) is 0 Å². The van der Waals surface area contributed by atoms with Crippen molar-refractivity contribution in [2.24, 2.45) is 0 Å². The summed E-state index contributed by atoms with van der Waals surface area (Å²) in [5, 5.41) is 9.09. The number of phenols is 1. The van der Waals surface area contributed by atoms with Crippen molar-refractivity contribution in [3.8, 4) is 17.2 Å². The lowest BCUT2D eigenvalue weighted by Crippen LogP contribution is -1.98. The van der Waals surface area contributed by atoms with E-state index in [1.807, 2.05) is 0 Å². The van der Waals surface area contributed by atoms with Gasteiger partial charge < -0.3 is 14.6 Å². The molecule has 18 heavy (non-hydrogen) atoms. The molecule has 0 bridgehead atoms. The first kappa shape index (κ1) is 12.2. The lowest BCUT2D eigenvalue weighted by atomic mass is 10.2. The molecule has 1 N–H and O–H groups in total. The molecule has 0 spiro atoms. The minimum atomic E-state index is -0.483. The normalized spacial score (nSPS) is 10.1. The van der Waals surface area contributed by atoms with E-state index in [9.17, 15) is 4.39 Å². The number of hydrogen-bond acceptors (Lipinski definition) is 3. The van der Waals surface area contributed by atoms with E-state index in [2.05, 4.69) is 0 Å². The van der Waals surface area contributed by atoms with Gasteiger partial charge in [0.05, 0.1) is 7.11 Å². The Morgan fingerprint density at radius 2 is 1.72 bits per heavy atom. The Hall–Kier alpha value is -2.23. The predicted octanol–water partition coefficient (Wildman–Crippen LogP) is 3.12. The Kier molecular flexibility index (Phi) is 3.67. The molecule has 0 aromatic heterocycles. The lowest BCUT2D eigenvalue weighted by molar-refractivity contribution is 0.298. The monoisotopic (exact) mass is 248 g/mol. The van der Waals surface area contributed by atoms with E-state index in [4.69, 9.17) is 14.6 Å². The molecule has 0 aliphatic carbocycles. The van der Waals surface area contributed by atoms with E-state index in [1.165, 1.54) is 12.1 Å². The molecule has 0 unspecified atom stereocenters. The van der Waals surface area contributed by atoms with Crippen LogP contribution in [0.1, 0.15) is 5.56 Å². The highest BCUT2D eigenvalue weighted by atomic mass is 19.1. The van der Waals surface area contributed by atoms with Gasteiger partial charge in [0.15, 0.2) is 0 Å². The molecule has 4 heteroatoms. The van der Waals surface area contributed by atoms with E-state index in [0.717, 1.165) is 11.8 Å². The van der Waals surface area contributed by atoms with E-state index in [0.29, 0.717) is 11.3 Å². The maximum absolute atomic E-state index is 13.4. The minimum Gasteiger partial charge on any atom is -0.508 e. The van der Waals surface area contributed by atoms with Crippen LogP contribution < -0.4 is 9.47 Å². The van der Waals surface area contributed by atoms with Crippen LogP contribution in [-0.2, 0) is 6.61 Å². The molecular weight excluding hydrogens is 235 g/mol. The van der Waals surface area contributed by atoms with Crippen LogP contribution in [-0.4, -0.2) is 12.2 Å². The summed E-state index contributed by atoms with van der Waals surface area (Å²) >= 11 is 0. The maximum Gasteiger partial charge on any atom is 0.133 e. The van der Waals surface area contributed by atoms with E-state index >= 15 is 0 Å². The molecule has 0 atom stereocenters. The van der Waals surface area contributed by atoms with Crippen LogP contribution in [0.15, 0.2) is 42.5 Å². The molecule has 3 nitrogen and oxygen atoms in total. The van der Waals surface area contributed by atoms with Gasteiger partial charge in [0.25, 0.3) is 0 Å². The number of aromatic hydroxyl groups is 1. The highest BCUT2D eigenvalue weighted by molar-refractivity contribution is 5.32. The SMILES string of the molecule is COc1ccc(OCc2ccc(O)cc2F)cc1. The quantitative estimate of drug-likeness (QED) is 0.903. The summed E-state index contributed by atoms with van der Waals surface area (Å²) in [5.74, 6) is 0.783. The Bertz CT molecular complexity index is 523. The molecule has 0 aliphatic rings. The number of ether oxygens (including phenoxy) is 2. The first-order chi connectivity index (χ1) is 8.69. The Morgan fingerprint density at radius 1 is 1.06 bits per heavy atom. The van der Waals surface area contributed by atoms with Crippen LogP contribution in [0, 0.1) is 5.82 Å². The summed E-state index contributed by atoms with van der Waals surface area (Å²) in [7, 11) is 1.59. The van der Waals surface area contributed by atoms with Gasteiger partial charge in [-0.25, -0.2) is 4.39 Å². The largest absolute Gasteiger partial charge is 0.508 e. The van der Waals surface area contributed by atoms with Crippen molar-refractivity contribution < 1.29 is 19.0 Å². The third kappa shape index (κ3) is 2.91. The van der Waals surface area contributed by atoms with Gasteiger partial charge in [0.2, 0.25) is 0 Å². The Labute approximate surface area is 104 Å². The molecule has 94 valence electrons. The predicted molar refractivity (Wildman–Crippen MR) is 65.4 cm³/mol. The molecule has 2 rings (SSSR count). The molecule has 0 saturated carbocycles. The van der Waals surface area contributed by atoms with Gasteiger partial charge in [-0.3, -0.25) is 0 Å². The smallest absolute Gasteiger partial charge is 0.133 e. The molecule has 0 heterocycles. The first-order valence-corrected chi connectivity index (χ1v) is 5.43. The number of phenolic OH excluding ortho intramolecular Hbond substituents is 1. The fourth-order valence-electron chi connectivity index (χ4n) is 1.49. The van der Waals surface area contributed by atoms with Crippen molar-refractivity contribution in [1.29, 1.82) is 0 Å². The van der Waals surface area contributed by atoms with Crippen molar-refractivity contribution in [3.63, 3.8) is 0 Å². The number of hydrogen-bond donors (Lipinski definition) is 1. The molecule has 0 fully saturated rings. The van der Waals surface area contributed by atoms with Gasteiger partial charge in [0.1, 0.15) is 29.7 Å². The molecule has 0 radical (unpaired) electrons. The topological polar surface area (TPSA) is 38.7 Å². The summed E-state index contributed by atoms with van der Waals surface area (Å²) in [5.41, 5.74) is 0.392. The van der Waals surface area contributed by atoms with Crippen LogP contribution in [0.4, 0.5) is 4.39 Å². The zero-order chi connectivity index (χ0) is 13.0. The fraction of sp³-hybridized carbons (Fsp3) is 0.143. The average molecular weight is 248 g/mol. The second-order valence-electron chi connectivity index (χ2n) is 3.74. The second kappa shape index (κ2) is 5.40. The molecule has 0 amide bonds. The Morgan fingerprint density at radius 3 is 2.33 bits per heavy atom. The van der Waals surface area contributed by atoms with Gasteiger partial charge in [-0.2, -0.15) is 0 Å². The molecular formula is C14H13FO3. The average Bonchev–Trinajstić information content (AvgIpc) is 2.38. The second-order valence-corrected chi connectivity index (χ2v) is 3.74. The summed E-state index contributed by atoms with van der Waals surface area (Å²) in [6.45, 7) is 0.110. The van der Waals surface area contributed by atoms with E-state index < -0.39 is 5.82 Å². The van der Waals surface area contributed by atoms with Gasteiger partial charge in [-0.05, 0) is 36.4 Å². The zero-order valence-electron chi connectivity index (χ0n) is 9.89. The zero-order valence-corrected chi connectivity index (χ0v) is 9.89. The summed E-state index contributed by atoms with van der Waals surface area (Å²) in [6, 6.07) is 11.0. The highest BCUT2D eigenvalue weighted by Gasteiger charge is 2.04. The van der Waals surface area contributed by atoms with Crippen molar-refractivity contribution in [2.45, 2.75) is 6.61 Å². The van der Waals surface area contributed by atoms with Crippen LogP contribution >= 0.6 is 0 Å². The van der Waals surface area contributed by atoms with Gasteiger partial charge in [-0.1, -0.05) is 0 Å². The third-order valence-corrected chi connectivity index (χ3v) is 2.49. The summed E-state index contributed by atoms with van der Waals surface area (Å²) < 4.78 is 23.9. The van der Waals surface area contributed by atoms with Gasteiger partial charge in [0, 0.05) is 11.6 Å². The van der Waals surface area contributed by atoms with E-state index in [-0.39, 0.29) is 12.4 Å². The van der Waals surface area contributed by atoms with Crippen LogP contribution in [0.2, 0.25) is 0 Å². The standard InChI is InChI=1S/C14H13FO3/c1-17-12-4-6-13(7-5-12)18-9-10-2-3-11(16)8-14(10)15/h2-8,16H,9H2,1H3. The fourth-order valence-corrected chi connectivity index (χ4v) is 1.49. The van der Waals surface area contributed by atoms with Gasteiger partial charge >= 0.3 is 0 Å². The molecule has 0 saturated heterocycles. The number of halogens is 1. The summed E-state index contributed by atoms with van der Waals surface area (Å²) in [6.07, 6.45) is 0. The Balaban J connectivity index is 2.02. The number of methoxy groups -OCH3 is 1.